The second-order valence-corrected chi connectivity index (χ2v) is 6.81. The first-order valence-electron chi connectivity index (χ1n) is 9.37. The van der Waals surface area contributed by atoms with Gasteiger partial charge in [0.05, 0.1) is 18.2 Å². The molecule has 0 fully saturated rings. The normalized spacial score (nSPS) is 14.9. The number of fused-ring (bicyclic) bond motifs is 1. The molecule has 2 amide bonds. The summed E-state index contributed by atoms with van der Waals surface area (Å²) in [5.41, 5.74) is 3.65. The molecular weight excluding hydrogens is 364 g/mol. The highest BCUT2D eigenvalue weighted by Gasteiger charge is 2.28. The maximum absolute atomic E-state index is 12.7. The molecule has 0 saturated carbocycles. The van der Waals surface area contributed by atoms with Crippen LogP contribution in [0.3, 0.4) is 0 Å². The largest absolute Gasteiger partial charge is 0.311 e. The van der Waals surface area contributed by atoms with Crippen molar-refractivity contribution in [2.45, 2.75) is 19.4 Å². The summed E-state index contributed by atoms with van der Waals surface area (Å²) >= 11 is 0. The van der Waals surface area contributed by atoms with Crippen LogP contribution in [0.25, 0.3) is 17.3 Å². The van der Waals surface area contributed by atoms with E-state index in [0.29, 0.717) is 5.82 Å². The lowest BCUT2D eigenvalue weighted by Crippen LogP contribution is -2.33. The zero-order chi connectivity index (χ0) is 20.2. The summed E-state index contributed by atoms with van der Waals surface area (Å²) in [6.07, 6.45) is 3.75. The summed E-state index contributed by atoms with van der Waals surface area (Å²) in [7, 11) is 0. The molecule has 1 aromatic heterocycles. The van der Waals surface area contributed by atoms with Gasteiger partial charge in [0.25, 0.3) is 0 Å². The van der Waals surface area contributed by atoms with Crippen molar-refractivity contribution in [3.8, 4) is 11.3 Å². The third kappa shape index (κ3) is 4.06. The highest BCUT2D eigenvalue weighted by atomic mass is 16.2. The monoisotopic (exact) mass is 384 g/mol. The zero-order valence-corrected chi connectivity index (χ0v) is 15.9. The van der Waals surface area contributed by atoms with Crippen LogP contribution in [0.5, 0.6) is 0 Å². The first kappa shape index (κ1) is 18.6. The first-order chi connectivity index (χ1) is 14.1. The number of carbonyl (C=O) groups excluding carboxylic acids is 2. The fourth-order valence-electron chi connectivity index (χ4n) is 3.44. The van der Waals surface area contributed by atoms with Crippen LogP contribution >= 0.6 is 0 Å². The first-order valence-corrected chi connectivity index (χ1v) is 9.37. The van der Waals surface area contributed by atoms with E-state index in [1.54, 1.807) is 17.2 Å². The number of benzene rings is 2. The number of nitrogens with one attached hydrogen (secondary N) is 1. The third-order valence-corrected chi connectivity index (χ3v) is 4.85. The molecule has 144 valence electrons. The van der Waals surface area contributed by atoms with Gasteiger partial charge in [0.15, 0.2) is 5.82 Å². The summed E-state index contributed by atoms with van der Waals surface area (Å²) in [5.74, 6) is 0.0392. The maximum atomic E-state index is 12.7. The molecule has 0 unspecified atom stereocenters. The van der Waals surface area contributed by atoms with Gasteiger partial charge in [0, 0.05) is 18.7 Å². The molecule has 0 spiro atoms. The van der Waals surface area contributed by atoms with Gasteiger partial charge in [0.2, 0.25) is 11.8 Å². The quantitative estimate of drug-likeness (QED) is 0.736. The van der Waals surface area contributed by atoms with Crippen LogP contribution in [0.2, 0.25) is 0 Å². The number of rotatable bonds is 4. The van der Waals surface area contributed by atoms with Crippen LogP contribution in [-0.4, -0.2) is 26.9 Å². The van der Waals surface area contributed by atoms with E-state index in [1.807, 2.05) is 66.7 Å². The van der Waals surface area contributed by atoms with Gasteiger partial charge < -0.3 is 10.2 Å². The number of anilines is 1. The molecule has 1 aliphatic rings. The van der Waals surface area contributed by atoms with Crippen LogP contribution < -0.4 is 5.32 Å². The average molecular weight is 384 g/mol. The van der Waals surface area contributed by atoms with E-state index in [4.69, 9.17) is 0 Å². The average Bonchev–Trinajstić information content (AvgIpc) is 2.75. The summed E-state index contributed by atoms with van der Waals surface area (Å²) < 4.78 is 0. The lowest BCUT2D eigenvalue weighted by molar-refractivity contribution is -0.129. The molecule has 2 heterocycles. The van der Waals surface area contributed by atoms with Gasteiger partial charge in [-0.25, -0.2) is 0 Å². The van der Waals surface area contributed by atoms with Gasteiger partial charge in [-0.05, 0) is 29.3 Å². The number of carbonyl (C=O) groups is 2. The molecule has 6 heteroatoms. The van der Waals surface area contributed by atoms with Crippen molar-refractivity contribution in [1.82, 2.24) is 15.1 Å². The Balaban J connectivity index is 1.49. The van der Waals surface area contributed by atoms with Crippen LogP contribution in [0.15, 0.2) is 72.9 Å². The smallest absolute Gasteiger partial charge is 0.228 e. The molecular formula is C23H20N4O2. The number of hydrogen-bond donors (Lipinski definition) is 1. The standard InChI is InChI=1S/C23H20N4O2/c1-16(28)27-14-13-17-7-5-6-10-19(17)21(27)15-23(29)24-22-12-11-20(25-26-22)18-8-3-2-4-9-18/h2-14,21H,15H2,1H3,(H,24,26,29)/t21-/m1/s1. The van der Waals surface area contributed by atoms with Crippen molar-refractivity contribution >= 4 is 23.7 Å². The second kappa shape index (κ2) is 8.06. The van der Waals surface area contributed by atoms with E-state index in [1.165, 1.54) is 6.92 Å². The minimum absolute atomic E-state index is 0.111. The molecule has 1 aliphatic heterocycles. The molecule has 1 atom stereocenters. The van der Waals surface area contributed by atoms with E-state index in [9.17, 15) is 9.59 Å². The van der Waals surface area contributed by atoms with Crippen molar-refractivity contribution in [3.05, 3.63) is 84.1 Å². The van der Waals surface area contributed by atoms with Crippen molar-refractivity contribution in [2.75, 3.05) is 5.32 Å². The van der Waals surface area contributed by atoms with Gasteiger partial charge in [-0.2, -0.15) is 0 Å². The highest BCUT2D eigenvalue weighted by molar-refractivity contribution is 5.91. The lowest BCUT2D eigenvalue weighted by atomic mass is 9.93. The summed E-state index contributed by atoms with van der Waals surface area (Å²) in [6, 6.07) is 20.7. The molecule has 2 aromatic carbocycles. The Morgan fingerprint density at radius 2 is 1.72 bits per heavy atom. The topological polar surface area (TPSA) is 75.2 Å². The van der Waals surface area contributed by atoms with Gasteiger partial charge >= 0.3 is 0 Å². The Labute approximate surface area is 168 Å². The summed E-state index contributed by atoms with van der Waals surface area (Å²) in [4.78, 5) is 26.3. The van der Waals surface area contributed by atoms with Crippen molar-refractivity contribution in [1.29, 1.82) is 0 Å². The Kier molecular flexibility index (Phi) is 5.16. The molecule has 4 rings (SSSR count). The van der Waals surface area contributed by atoms with Crippen molar-refractivity contribution in [3.63, 3.8) is 0 Å². The SMILES string of the molecule is CC(=O)N1C=Cc2ccccc2[C@H]1CC(=O)Nc1ccc(-c2ccccc2)nn1. The summed E-state index contributed by atoms with van der Waals surface area (Å²) in [5, 5.41) is 11.1. The zero-order valence-electron chi connectivity index (χ0n) is 15.9. The summed E-state index contributed by atoms with van der Waals surface area (Å²) in [6.45, 7) is 1.50. The number of amides is 2. The fourth-order valence-corrected chi connectivity index (χ4v) is 3.44. The van der Waals surface area contributed by atoms with E-state index in [0.717, 1.165) is 22.4 Å². The minimum Gasteiger partial charge on any atom is -0.311 e. The predicted molar refractivity (Wildman–Crippen MR) is 111 cm³/mol. The molecule has 0 bridgehead atoms. The number of aromatic nitrogens is 2. The number of hydrogen-bond acceptors (Lipinski definition) is 4. The highest BCUT2D eigenvalue weighted by Crippen LogP contribution is 2.33. The lowest BCUT2D eigenvalue weighted by Gasteiger charge is -2.32. The third-order valence-electron chi connectivity index (χ3n) is 4.85. The Morgan fingerprint density at radius 1 is 0.966 bits per heavy atom. The molecule has 0 saturated heterocycles. The molecule has 0 radical (unpaired) electrons. The Morgan fingerprint density at radius 3 is 2.45 bits per heavy atom. The van der Waals surface area contributed by atoms with Gasteiger partial charge in [-0.15, -0.1) is 10.2 Å². The van der Waals surface area contributed by atoms with Crippen LogP contribution in [0.1, 0.15) is 30.5 Å². The second-order valence-electron chi connectivity index (χ2n) is 6.81. The minimum atomic E-state index is -0.356. The van der Waals surface area contributed by atoms with Gasteiger partial charge in [-0.1, -0.05) is 54.6 Å². The number of nitrogens with zero attached hydrogens (tertiary/aromatic N) is 3. The fraction of sp³-hybridized carbons (Fsp3) is 0.130. The molecule has 6 nitrogen and oxygen atoms in total. The van der Waals surface area contributed by atoms with Crippen LogP contribution in [0.4, 0.5) is 5.82 Å². The van der Waals surface area contributed by atoms with Crippen LogP contribution in [-0.2, 0) is 9.59 Å². The van der Waals surface area contributed by atoms with E-state index in [-0.39, 0.29) is 24.3 Å². The van der Waals surface area contributed by atoms with Crippen molar-refractivity contribution in [2.24, 2.45) is 0 Å². The maximum Gasteiger partial charge on any atom is 0.228 e. The van der Waals surface area contributed by atoms with Crippen LogP contribution in [0, 0.1) is 0 Å². The van der Waals surface area contributed by atoms with Crippen molar-refractivity contribution < 1.29 is 9.59 Å². The molecule has 0 aliphatic carbocycles. The Hall–Kier alpha value is -3.80. The molecule has 29 heavy (non-hydrogen) atoms. The molecule has 3 aromatic rings. The van der Waals surface area contributed by atoms with E-state index < -0.39 is 0 Å². The molecule has 1 N–H and O–H groups in total. The van der Waals surface area contributed by atoms with Gasteiger partial charge in [0.1, 0.15) is 0 Å². The predicted octanol–water partition coefficient (Wildman–Crippen LogP) is 4.05. The Bertz CT molecular complexity index is 1060. The van der Waals surface area contributed by atoms with E-state index in [2.05, 4.69) is 15.5 Å². The van der Waals surface area contributed by atoms with E-state index >= 15 is 0 Å². The van der Waals surface area contributed by atoms with Gasteiger partial charge in [-0.3, -0.25) is 9.59 Å².